The van der Waals surface area contributed by atoms with E-state index in [1.807, 2.05) is 41.9 Å². The SMILES string of the molecule is Cc1nn(C)cc1CN1CCN(C(=O)[C@H]2[C@H](C(=O)O)[C@H]3C=C[C@H]2C3)CC1. The lowest BCUT2D eigenvalue weighted by atomic mass is 9.82. The molecule has 1 saturated carbocycles. The maximum atomic E-state index is 13.0. The largest absolute Gasteiger partial charge is 0.481 e. The number of carboxylic acids is 1. The van der Waals surface area contributed by atoms with Gasteiger partial charge in [0.2, 0.25) is 5.91 Å². The van der Waals surface area contributed by atoms with Crippen molar-refractivity contribution in [1.82, 2.24) is 19.6 Å². The van der Waals surface area contributed by atoms with Gasteiger partial charge in [-0.1, -0.05) is 12.2 Å². The number of fused-ring (bicyclic) bond motifs is 2. The van der Waals surface area contributed by atoms with Crippen molar-refractivity contribution >= 4 is 11.9 Å². The highest BCUT2D eigenvalue weighted by atomic mass is 16.4. The minimum absolute atomic E-state index is 0.0290. The molecule has 1 aliphatic heterocycles. The molecule has 140 valence electrons. The summed E-state index contributed by atoms with van der Waals surface area (Å²) in [6.07, 6.45) is 6.90. The highest BCUT2D eigenvalue weighted by molar-refractivity contribution is 5.87. The van der Waals surface area contributed by atoms with Crippen LogP contribution in [0, 0.1) is 30.6 Å². The molecule has 0 spiro atoms. The number of carbonyl (C=O) groups excluding carboxylic acids is 1. The number of carboxylic acid groups (broad SMARTS) is 1. The Morgan fingerprint density at radius 1 is 1.15 bits per heavy atom. The van der Waals surface area contributed by atoms with Crippen LogP contribution in [0.2, 0.25) is 0 Å². The summed E-state index contributed by atoms with van der Waals surface area (Å²) in [5.41, 5.74) is 2.26. The van der Waals surface area contributed by atoms with Crippen molar-refractivity contribution in [2.75, 3.05) is 26.2 Å². The number of piperazine rings is 1. The standard InChI is InChI=1S/C19H26N4O3/c1-12-15(10-21(2)20-12)11-22-5-7-23(8-6-22)18(24)16-13-3-4-14(9-13)17(16)19(25)26/h3-4,10,13-14,16-17H,5-9,11H2,1-2H3,(H,25,26)/t13-,14-,16+,17+/m0/s1. The van der Waals surface area contributed by atoms with Crippen LogP contribution in [0.5, 0.6) is 0 Å². The molecule has 1 N–H and O–H groups in total. The normalized spacial score (nSPS) is 30.9. The third-order valence-corrected chi connectivity index (χ3v) is 6.22. The van der Waals surface area contributed by atoms with Crippen molar-refractivity contribution in [2.24, 2.45) is 30.7 Å². The zero-order chi connectivity index (χ0) is 18.4. The third kappa shape index (κ3) is 2.94. The zero-order valence-corrected chi connectivity index (χ0v) is 15.3. The van der Waals surface area contributed by atoms with Gasteiger partial charge in [0.25, 0.3) is 0 Å². The summed E-state index contributed by atoms with van der Waals surface area (Å²) in [7, 11) is 1.93. The highest BCUT2D eigenvalue weighted by Crippen LogP contribution is 2.48. The Morgan fingerprint density at radius 3 is 2.38 bits per heavy atom. The van der Waals surface area contributed by atoms with Gasteiger partial charge in [-0.3, -0.25) is 19.2 Å². The van der Waals surface area contributed by atoms with Crippen molar-refractivity contribution < 1.29 is 14.7 Å². The summed E-state index contributed by atoms with van der Waals surface area (Å²) in [5.74, 6) is -1.59. The van der Waals surface area contributed by atoms with Crippen molar-refractivity contribution in [3.05, 3.63) is 29.6 Å². The smallest absolute Gasteiger partial charge is 0.307 e. The van der Waals surface area contributed by atoms with Crippen LogP contribution in [0.15, 0.2) is 18.3 Å². The number of aromatic nitrogens is 2. The maximum absolute atomic E-state index is 13.0. The molecule has 2 fully saturated rings. The Morgan fingerprint density at radius 2 is 1.81 bits per heavy atom. The van der Waals surface area contributed by atoms with E-state index in [1.54, 1.807) is 0 Å². The molecule has 0 radical (unpaired) electrons. The van der Waals surface area contributed by atoms with E-state index >= 15 is 0 Å². The van der Waals surface area contributed by atoms with Crippen molar-refractivity contribution in [2.45, 2.75) is 19.9 Å². The second kappa shape index (κ2) is 6.54. The Hall–Kier alpha value is -2.15. The minimum atomic E-state index is -0.828. The van der Waals surface area contributed by atoms with E-state index in [0.717, 1.165) is 31.7 Å². The van der Waals surface area contributed by atoms with E-state index in [-0.39, 0.29) is 23.7 Å². The summed E-state index contributed by atoms with van der Waals surface area (Å²) in [6.45, 7) is 5.83. The van der Waals surface area contributed by atoms with Crippen LogP contribution in [-0.2, 0) is 23.2 Å². The Labute approximate surface area is 153 Å². The summed E-state index contributed by atoms with van der Waals surface area (Å²) in [5, 5.41) is 13.9. The molecule has 3 aliphatic rings. The van der Waals surface area contributed by atoms with Gasteiger partial charge < -0.3 is 10.0 Å². The first kappa shape index (κ1) is 17.3. The second-order valence-electron chi connectivity index (χ2n) is 7.85. The summed E-state index contributed by atoms with van der Waals surface area (Å²) in [6, 6.07) is 0. The molecular formula is C19H26N4O3. The van der Waals surface area contributed by atoms with Gasteiger partial charge in [-0.25, -0.2) is 0 Å². The van der Waals surface area contributed by atoms with Crippen LogP contribution in [0.25, 0.3) is 0 Å². The van der Waals surface area contributed by atoms with Crippen LogP contribution in [0.4, 0.5) is 0 Å². The number of aliphatic carboxylic acids is 1. The molecule has 4 rings (SSSR count). The highest BCUT2D eigenvalue weighted by Gasteiger charge is 2.52. The molecule has 7 nitrogen and oxygen atoms in total. The van der Waals surface area contributed by atoms with Gasteiger partial charge in [0.05, 0.1) is 17.5 Å². The predicted molar refractivity (Wildman–Crippen MR) is 95.2 cm³/mol. The lowest BCUT2D eigenvalue weighted by Gasteiger charge is -2.37. The fourth-order valence-corrected chi connectivity index (χ4v) is 4.88. The topological polar surface area (TPSA) is 78.7 Å². The van der Waals surface area contributed by atoms with Gasteiger partial charge in [0.15, 0.2) is 0 Å². The Bertz CT molecular complexity index is 748. The van der Waals surface area contributed by atoms with Gasteiger partial charge in [-0.15, -0.1) is 0 Å². The number of carbonyl (C=O) groups is 2. The lowest BCUT2D eigenvalue weighted by Crippen LogP contribution is -2.52. The Balaban J connectivity index is 1.37. The second-order valence-corrected chi connectivity index (χ2v) is 7.85. The summed E-state index contributed by atoms with van der Waals surface area (Å²) in [4.78, 5) is 28.9. The predicted octanol–water partition coefficient (Wildman–Crippen LogP) is 0.896. The van der Waals surface area contributed by atoms with Crippen molar-refractivity contribution in [3.8, 4) is 0 Å². The van der Waals surface area contributed by atoms with Gasteiger partial charge >= 0.3 is 5.97 Å². The number of hydrogen-bond donors (Lipinski definition) is 1. The molecule has 1 amide bonds. The van der Waals surface area contributed by atoms with Crippen LogP contribution in [-0.4, -0.2) is 62.7 Å². The molecule has 0 unspecified atom stereocenters. The molecule has 7 heteroatoms. The van der Waals surface area contributed by atoms with Crippen LogP contribution in [0.3, 0.4) is 0 Å². The van der Waals surface area contributed by atoms with Gasteiger partial charge in [-0.05, 0) is 25.2 Å². The molecule has 26 heavy (non-hydrogen) atoms. The van der Waals surface area contributed by atoms with E-state index in [0.29, 0.717) is 13.1 Å². The molecule has 2 bridgehead atoms. The Kier molecular flexibility index (Phi) is 4.34. The van der Waals surface area contributed by atoms with E-state index in [9.17, 15) is 14.7 Å². The third-order valence-electron chi connectivity index (χ3n) is 6.22. The zero-order valence-electron chi connectivity index (χ0n) is 15.3. The van der Waals surface area contributed by atoms with E-state index in [1.165, 1.54) is 5.56 Å². The van der Waals surface area contributed by atoms with Gasteiger partial charge in [-0.2, -0.15) is 5.10 Å². The molecule has 2 heterocycles. The van der Waals surface area contributed by atoms with Crippen molar-refractivity contribution in [1.29, 1.82) is 0 Å². The minimum Gasteiger partial charge on any atom is -0.481 e. The number of aryl methyl sites for hydroxylation is 2. The average Bonchev–Trinajstić information content (AvgIpc) is 3.29. The maximum Gasteiger partial charge on any atom is 0.307 e. The lowest BCUT2D eigenvalue weighted by molar-refractivity contribution is -0.151. The number of hydrogen-bond acceptors (Lipinski definition) is 4. The quantitative estimate of drug-likeness (QED) is 0.809. The number of amides is 1. The number of rotatable bonds is 4. The summed E-state index contributed by atoms with van der Waals surface area (Å²) < 4.78 is 1.83. The van der Waals surface area contributed by atoms with E-state index < -0.39 is 11.9 Å². The summed E-state index contributed by atoms with van der Waals surface area (Å²) >= 11 is 0. The van der Waals surface area contributed by atoms with E-state index in [2.05, 4.69) is 10.00 Å². The first-order valence-electron chi connectivity index (χ1n) is 9.35. The first-order chi connectivity index (χ1) is 12.4. The monoisotopic (exact) mass is 358 g/mol. The van der Waals surface area contributed by atoms with Gasteiger partial charge in [0.1, 0.15) is 0 Å². The van der Waals surface area contributed by atoms with Crippen LogP contribution >= 0.6 is 0 Å². The fraction of sp³-hybridized carbons (Fsp3) is 0.632. The van der Waals surface area contributed by atoms with Gasteiger partial charge in [0, 0.05) is 51.5 Å². The fourth-order valence-electron chi connectivity index (χ4n) is 4.88. The first-order valence-corrected chi connectivity index (χ1v) is 9.35. The molecule has 1 saturated heterocycles. The van der Waals surface area contributed by atoms with Crippen LogP contribution < -0.4 is 0 Å². The number of allylic oxidation sites excluding steroid dienone is 2. The van der Waals surface area contributed by atoms with Crippen LogP contribution in [0.1, 0.15) is 17.7 Å². The number of nitrogens with zero attached hydrogens (tertiary/aromatic N) is 4. The molecule has 0 aromatic carbocycles. The van der Waals surface area contributed by atoms with E-state index in [4.69, 9.17) is 0 Å². The molecule has 1 aromatic rings. The average molecular weight is 358 g/mol. The molecule has 1 aromatic heterocycles. The molecular weight excluding hydrogens is 332 g/mol. The molecule has 4 atom stereocenters. The van der Waals surface area contributed by atoms with Crippen molar-refractivity contribution in [3.63, 3.8) is 0 Å². The molecule has 2 aliphatic carbocycles.